The lowest BCUT2D eigenvalue weighted by Crippen LogP contribution is -2.46. The zero-order valence-electron chi connectivity index (χ0n) is 11.5. The van der Waals surface area contributed by atoms with E-state index in [9.17, 15) is 0 Å². The zero-order valence-corrected chi connectivity index (χ0v) is 11.5. The Balaban J connectivity index is 1.90. The van der Waals surface area contributed by atoms with E-state index in [1.54, 1.807) is 6.33 Å². The molecule has 0 saturated heterocycles. The van der Waals surface area contributed by atoms with Crippen LogP contribution in [-0.4, -0.2) is 21.5 Å². The number of fused-ring (bicyclic) bond motifs is 2. The first kappa shape index (κ1) is 11.7. The minimum atomic E-state index is -0.289. The molecular weight excluding hydrogens is 252 g/mol. The van der Waals surface area contributed by atoms with E-state index in [2.05, 4.69) is 39.3 Å². The monoisotopic (exact) mass is 268 g/mol. The first-order chi connectivity index (χ1) is 9.67. The highest BCUT2D eigenvalue weighted by atomic mass is 16.3. The van der Waals surface area contributed by atoms with E-state index in [4.69, 9.17) is 4.42 Å². The third-order valence-corrected chi connectivity index (χ3v) is 4.12. The third-order valence-electron chi connectivity index (χ3n) is 4.12. The van der Waals surface area contributed by atoms with Crippen molar-refractivity contribution in [2.75, 3.05) is 6.54 Å². The van der Waals surface area contributed by atoms with Gasteiger partial charge >= 0.3 is 0 Å². The van der Waals surface area contributed by atoms with E-state index in [1.165, 1.54) is 5.69 Å². The van der Waals surface area contributed by atoms with Gasteiger partial charge in [0, 0.05) is 25.6 Å². The molecule has 0 bridgehead atoms. The maximum Gasteiger partial charge on any atom is 0.192 e. The van der Waals surface area contributed by atoms with Crippen LogP contribution in [0.15, 0.2) is 28.9 Å². The van der Waals surface area contributed by atoms with Crippen LogP contribution in [0.4, 0.5) is 0 Å². The fourth-order valence-electron chi connectivity index (χ4n) is 3.05. The zero-order chi connectivity index (χ0) is 13.7. The van der Waals surface area contributed by atoms with Gasteiger partial charge in [-0.2, -0.15) is 0 Å². The summed E-state index contributed by atoms with van der Waals surface area (Å²) in [6.45, 7) is 4.96. The van der Waals surface area contributed by atoms with Crippen LogP contribution in [0, 0.1) is 6.92 Å². The normalized spacial score (nSPS) is 22.1. The van der Waals surface area contributed by atoms with Crippen molar-refractivity contribution in [2.24, 2.45) is 0 Å². The van der Waals surface area contributed by atoms with Crippen molar-refractivity contribution in [3.8, 4) is 0 Å². The number of oxazole rings is 1. The van der Waals surface area contributed by atoms with Gasteiger partial charge in [-0.05, 0) is 24.6 Å². The average molecular weight is 268 g/mol. The van der Waals surface area contributed by atoms with Crippen molar-refractivity contribution in [3.63, 3.8) is 0 Å². The summed E-state index contributed by atoms with van der Waals surface area (Å²) in [5, 5.41) is 3.58. The SMILES string of the molecule is Cc1nc2ccc(C3(C)NCCc4[nH]cnc43)cc2o1. The van der Waals surface area contributed by atoms with E-state index < -0.39 is 0 Å². The number of aryl methyl sites for hydroxylation is 1. The standard InChI is InChI=1S/C15H16N4O/c1-9-19-11-4-3-10(7-13(11)20-9)15(2)14-12(5-6-18-15)16-8-17-14/h3-4,7-8,18H,5-6H2,1-2H3,(H,16,17). The van der Waals surface area contributed by atoms with E-state index in [1.807, 2.05) is 13.0 Å². The van der Waals surface area contributed by atoms with Crippen molar-refractivity contribution in [2.45, 2.75) is 25.8 Å². The summed E-state index contributed by atoms with van der Waals surface area (Å²) in [5.74, 6) is 0.694. The van der Waals surface area contributed by atoms with Gasteiger partial charge in [0.25, 0.3) is 0 Å². The van der Waals surface area contributed by atoms with Crippen LogP contribution in [0.25, 0.3) is 11.1 Å². The smallest absolute Gasteiger partial charge is 0.192 e. The molecule has 1 aromatic carbocycles. The lowest BCUT2D eigenvalue weighted by atomic mass is 9.84. The lowest BCUT2D eigenvalue weighted by Gasteiger charge is -2.34. The summed E-state index contributed by atoms with van der Waals surface area (Å²) < 4.78 is 5.65. The molecule has 20 heavy (non-hydrogen) atoms. The van der Waals surface area contributed by atoms with Crippen molar-refractivity contribution in [3.05, 3.63) is 47.4 Å². The molecule has 102 valence electrons. The van der Waals surface area contributed by atoms with Crippen molar-refractivity contribution in [1.82, 2.24) is 20.3 Å². The quantitative estimate of drug-likeness (QED) is 0.710. The van der Waals surface area contributed by atoms with Gasteiger partial charge in [-0.1, -0.05) is 6.07 Å². The maximum absolute atomic E-state index is 5.65. The van der Waals surface area contributed by atoms with Gasteiger partial charge < -0.3 is 14.7 Å². The molecule has 2 aromatic heterocycles. The molecule has 0 saturated carbocycles. The molecule has 0 amide bonds. The second kappa shape index (κ2) is 3.93. The minimum absolute atomic E-state index is 0.289. The Hall–Kier alpha value is -2.14. The Morgan fingerprint density at radius 3 is 3.15 bits per heavy atom. The average Bonchev–Trinajstić information content (AvgIpc) is 3.03. The number of nitrogens with zero attached hydrogens (tertiary/aromatic N) is 2. The third kappa shape index (κ3) is 1.53. The predicted molar refractivity (Wildman–Crippen MR) is 75.5 cm³/mol. The van der Waals surface area contributed by atoms with E-state index >= 15 is 0 Å². The molecule has 0 fully saturated rings. The molecule has 1 aliphatic heterocycles. The van der Waals surface area contributed by atoms with Crippen molar-refractivity contribution in [1.29, 1.82) is 0 Å². The lowest BCUT2D eigenvalue weighted by molar-refractivity contribution is 0.403. The number of aromatic nitrogens is 3. The van der Waals surface area contributed by atoms with Gasteiger partial charge in [0.2, 0.25) is 0 Å². The summed E-state index contributed by atoms with van der Waals surface area (Å²) >= 11 is 0. The van der Waals surface area contributed by atoms with Crippen molar-refractivity contribution < 1.29 is 4.42 Å². The molecule has 1 atom stereocenters. The van der Waals surface area contributed by atoms with Crippen LogP contribution in [0.1, 0.15) is 29.8 Å². The van der Waals surface area contributed by atoms with Crippen LogP contribution in [0.5, 0.6) is 0 Å². The molecule has 5 heteroatoms. The first-order valence-electron chi connectivity index (χ1n) is 6.82. The topological polar surface area (TPSA) is 66.7 Å². The van der Waals surface area contributed by atoms with Crippen LogP contribution >= 0.6 is 0 Å². The van der Waals surface area contributed by atoms with Crippen molar-refractivity contribution >= 4 is 11.1 Å². The molecular formula is C15H16N4O. The highest BCUT2D eigenvalue weighted by molar-refractivity contribution is 5.74. The second-order valence-corrected chi connectivity index (χ2v) is 5.45. The molecule has 4 rings (SSSR count). The fourth-order valence-corrected chi connectivity index (χ4v) is 3.05. The number of benzene rings is 1. The van der Waals surface area contributed by atoms with Crippen LogP contribution in [0.3, 0.4) is 0 Å². The largest absolute Gasteiger partial charge is 0.441 e. The number of nitrogens with one attached hydrogen (secondary N) is 2. The summed E-state index contributed by atoms with van der Waals surface area (Å²) in [7, 11) is 0. The highest BCUT2D eigenvalue weighted by Crippen LogP contribution is 2.34. The molecule has 0 radical (unpaired) electrons. The summed E-state index contributed by atoms with van der Waals surface area (Å²) in [4.78, 5) is 12.1. The van der Waals surface area contributed by atoms with Gasteiger partial charge in [-0.15, -0.1) is 0 Å². The number of hydrogen-bond acceptors (Lipinski definition) is 4. The van der Waals surface area contributed by atoms with E-state index in [0.29, 0.717) is 5.89 Å². The summed E-state index contributed by atoms with van der Waals surface area (Å²) in [5.41, 5.74) is 4.86. The number of rotatable bonds is 1. The molecule has 1 unspecified atom stereocenters. The second-order valence-electron chi connectivity index (χ2n) is 5.45. The maximum atomic E-state index is 5.65. The fraction of sp³-hybridized carbons (Fsp3) is 0.333. The van der Waals surface area contributed by atoms with E-state index in [-0.39, 0.29) is 5.54 Å². The predicted octanol–water partition coefficient (Wildman–Crippen LogP) is 2.27. The molecule has 3 aromatic rings. The summed E-state index contributed by atoms with van der Waals surface area (Å²) in [6, 6.07) is 6.17. The highest BCUT2D eigenvalue weighted by Gasteiger charge is 2.36. The molecule has 1 aliphatic rings. The Bertz CT molecular complexity index is 788. The van der Waals surface area contributed by atoms with Gasteiger partial charge in [-0.25, -0.2) is 9.97 Å². The number of imidazole rings is 1. The molecule has 5 nitrogen and oxygen atoms in total. The van der Waals surface area contributed by atoms with Gasteiger partial charge in [0.05, 0.1) is 17.6 Å². The Morgan fingerprint density at radius 2 is 2.25 bits per heavy atom. The van der Waals surface area contributed by atoms with Gasteiger partial charge in [-0.3, -0.25) is 0 Å². The first-order valence-corrected chi connectivity index (χ1v) is 6.82. The molecule has 3 heterocycles. The van der Waals surface area contributed by atoms with Crippen LogP contribution in [0.2, 0.25) is 0 Å². The van der Waals surface area contributed by atoms with E-state index in [0.717, 1.165) is 35.3 Å². The van der Waals surface area contributed by atoms with Gasteiger partial charge in [0.15, 0.2) is 11.5 Å². The summed E-state index contributed by atoms with van der Waals surface area (Å²) in [6.07, 6.45) is 2.75. The van der Waals surface area contributed by atoms with Crippen LogP contribution < -0.4 is 5.32 Å². The number of hydrogen-bond donors (Lipinski definition) is 2. The Labute approximate surface area is 116 Å². The molecule has 2 N–H and O–H groups in total. The Morgan fingerprint density at radius 1 is 1.35 bits per heavy atom. The van der Waals surface area contributed by atoms with Crippen LogP contribution in [-0.2, 0) is 12.0 Å². The number of H-pyrrole nitrogens is 1. The number of aromatic amines is 1. The molecule has 0 spiro atoms. The molecule has 0 aliphatic carbocycles. The Kier molecular flexibility index (Phi) is 2.29. The van der Waals surface area contributed by atoms with Gasteiger partial charge in [0.1, 0.15) is 5.52 Å². The minimum Gasteiger partial charge on any atom is -0.441 e.